The van der Waals surface area contributed by atoms with Crippen molar-refractivity contribution in [3.63, 3.8) is 0 Å². The predicted octanol–water partition coefficient (Wildman–Crippen LogP) is 1.91. The van der Waals surface area contributed by atoms with Crippen molar-refractivity contribution in [2.24, 2.45) is 16.6 Å². The summed E-state index contributed by atoms with van der Waals surface area (Å²) in [6.45, 7) is 4.28. The van der Waals surface area contributed by atoms with Crippen molar-refractivity contribution < 1.29 is 18.3 Å². The second kappa shape index (κ2) is 13.4. The van der Waals surface area contributed by atoms with Gasteiger partial charge in [0.05, 0.1) is 12.1 Å². The molecule has 0 spiro atoms. The maximum atomic E-state index is 13.6. The maximum absolute atomic E-state index is 13.6. The summed E-state index contributed by atoms with van der Waals surface area (Å²) in [7, 11) is 3.25. The largest absolute Gasteiger partial charge is 0.493 e. The number of likely N-dealkylation sites (tertiary alicyclic amines) is 1. The normalized spacial score (nSPS) is 18.1. The molecule has 4 rings (SSSR count). The first-order valence-corrected chi connectivity index (χ1v) is 12.1. The number of nitrogens with two attached hydrogens (primary N) is 2. The SMILES string of the molecule is COC.NNNC(N)=Nc1nc(N2CCC(F)(F)CC2)nc2cc(OCCCN3CCCC3)ccc12. The van der Waals surface area contributed by atoms with E-state index >= 15 is 0 Å². The Morgan fingerprint density at radius 2 is 1.83 bits per heavy atom. The van der Waals surface area contributed by atoms with Crippen LogP contribution in [0.15, 0.2) is 23.2 Å². The number of aromatic nitrogens is 2. The number of aliphatic imine (C=N–C) groups is 1. The Bertz CT molecular complexity index is 993. The van der Waals surface area contributed by atoms with Gasteiger partial charge < -0.3 is 25.0 Å². The minimum atomic E-state index is -2.66. The van der Waals surface area contributed by atoms with Crippen LogP contribution in [-0.2, 0) is 4.74 Å². The number of hydrogen-bond acceptors (Lipinski definition) is 9. The van der Waals surface area contributed by atoms with Crippen LogP contribution in [0.25, 0.3) is 10.9 Å². The lowest BCUT2D eigenvalue weighted by Crippen LogP contribution is -2.46. The van der Waals surface area contributed by atoms with Crippen molar-refractivity contribution in [3.8, 4) is 5.75 Å². The molecule has 36 heavy (non-hydrogen) atoms. The van der Waals surface area contributed by atoms with Gasteiger partial charge in [-0.15, -0.1) is 0 Å². The monoisotopic (exact) mass is 509 g/mol. The zero-order valence-electron chi connectivity index (χ0n) is 21.0. The predicted molar refractivity (Wildman–Crippen MR) is 136 cm³/mol. The molecule has 1 aromatic heterocycles. The Morgan fingerprint density at radius 1 is 1.14 bits per heavy atom. The van der Waals surface area contributed by atoms with E-state index in [0.717, 1.165) is 13.0 Å². The lowest BCUT2D eigenvalue weighted by Gasteiger charge is -2.31. The highest BCUT2D eigenvalue weighted by Gasteiger charge is 2.35. The van der Waals surface area contributed by atoms with Crippen LogP contribution in [0.2, 0.25) is 0 Å². The maximum Gasteiger partial charge on any atom is 0.251 e. The molecule has 0 aliphatic carbocycles. The third kappa shape index (κ3) is 8.08. The van der Waals surface area contributed by atoms with Crippen molar-refractivity contribution in [2.45, 2.75) is 38.0 Å². The molecular weight excluding hydrogens is 472 g/mol. The first kappa shape index (κ1) is 27.7. The van der Waals surface area contributed by atoms with E-state index in [4.69, 9.17) is 16.3 Å². The molecule has 0 saturated carbocycles. The highest BCUT2D eigenvalue weighted by Crippen LogP contribution is 2.33. The Balaban J connectivity index is 0.00000115. The third-order valence-electron chi connectivity index (χ3n) is 5.93. The fraction of sp³-hybridized carbons (Fsp3) is 0.609. The van der Waals surface area contributed by atoms with Gasteiger partial charge in [-0.25, -0.2) is 13.8 Å². The summed E-state index contributed by atoms with van der Waals surface area (Å²) < 4.78 is 37.5. The molecule has 0 unspecified atom stereocenters. The van der Waals surface area contributed by atoms with Crippen molar-refractivity contribution in [2.75, 3.05) is 58.5 Å². The van der Waals surface area contributed by atoms with Crippen LogP contribution in [0, 0.1) is 0 Å². The summed E-state index contributed by atoms with van der Waals surface area (Å²) in [5, 5.41) is 0.660. The number of ether oxygens (including phenoxy) is 2. The van der Waals surface area contributed by atoms with Crippen LogP contribution in [-0.4, -0.2) is 80.3 Å². The lowest BCUT2D eigenvalue weighted by molar-refractivity contribution is -0.0222. The van der Waals surface area contributed by atoms with Gasteiger partial charge in [-0.3, -0.25) is 11.3 Å². The van der Waals surface area contributed by atoms with Crippen LogP contribution < -0.4 is 32.2 Å². The number of rotatable bonds is 8. The van der Waals surface area contributed by atoms with Gasteiger partial charge >= 0.3 is 0 Å². The first-order chi connectivity index (χ1) is 17.3. The zero-order chi connectivity index (χ0) is 26.0. The topological polar surface area (TPSA) is 139 Å². The van der Waals surface area contributed by atoms with Gasteiger partial charge in [0.15, 0.2) is 5.82 Å². The zero-order valence-corrected chi connectivity index (χ0v) is 21.0. The summed E-state index contributed by atoms with van der Waals surface area (Å²) in [6, 6.07) is 5.48. The average Bonchev–Trinajstić information content (AvgIpc) is 3.36. The summed E-state index contributed by atoms with van der Waals surface area (Å²) in [5.74, 6) is 3.91. The number of methoxy groups -OCH3 is 1. The Hall–Kier alpha value is -2.87. The van der Waals surface area contributed by atoms with Gasteiger partial charge in [-0.2, -0.15) is 15.5 Å². The second-order valence-electron chi connectivity index (χ2n) is 8.79. The van der Waals surface area contributed by atoms with E-state index in [9.17, 15) is 8.78 Å². The molecule has 1 aromatic carbocycles. The van der Waals surface area contributed by atoms with E-state index in [1.54, 1.807) is 19.1 Å². The molecule has 2 aromatic rings. The van der Waals surface area contributed by atoms with Crippen molar-refractivity contribution in [3.05, 3.63) is 18.2 Å². The average molecular weight is 510 g/mol. The van der Waals surface area contributed by atoms with E-state index in [0.29, 0.717) is 35.0 Å². The Labute approximate surface area is 210 Å². The number of nitrogens with zero attached hydrogens (tertiary/aromatic N) is 5. The van der Waals surface area contributed by atoms with E-state index in [1.807, 2.05) is 18.2 Å². The third-order valence-corrected chi connectivity index (χ3v) is 5.93. The highest BCUT2D eigenvalue weighted by molar-refractivity contribution is 5.93. The van der Waals surface area contributed by atoms with Crippen LogP contribution in [0.3, 0.4) is 0 Å². The Kier molecular flexibility index (Phi) is 10.3. The molecule has 2 aliphatic rings. The summed E-state index contributed by atoms with van der Waals surface area (Å²) in [6.07, 6.45) is 3.00. The molecule has 0 amide bonds. The molecule has 13 heteroatoms. The fourth-order valence-electron chi connectivity index (χ4n) is 4.13. The van der Waals surface area contributed by atoms with Crippen molar-refractivity contribution >= 4 is 28.6 Å². The number of fused-ring (bicyclic) bond motifs is 1. The number of halogens is 2. The molecule has 2 aliphatic heterocycles. The van der Waals surface area contributed by atoms with Gasteiger partial charge in [-0.05, 0) is 44.5 Å². The van der Waals surface area contributed by atoms with Gasteiger partial charge in [-0.1, -0.05) is 0 Å². The molecule has 200 valence electrons. The van der Waals surface area contributed by atoms with E-state index in [-0.39, 0.29) is 31.9 Å². The summed E-state index contributed by atoms with van der Waals surface area (Å²) >= 11 is 0. The second-order valence-corrected chi connectivity index (χ2v) is 8.79. The minimum Gasteiger partial charge on any atom is -0.493 e. The van der Waals surface area contributed by atoms with Gasteiger partial charge in [0, 0.05) is 58.1 Å². The van der Waals surface area contributed by atoms with Crippen LogP contribution >= 0.6 is 0 Å². The molecule has 0 bridgehead atoms. The number of alkyl halides is 2. The lowest BCUT2D eigenvalue weighted by atomic mass is 10.1. The molecule has 0 atom stereocenters. The molecule has 3 heterocycles. The molecular formula is C23H37F2N9O2. The molecule has 2 fully saturated rings. The quantitative estimate of drug-likeness (QED) is 0.137. The number of piperidine rings is 1. The van der Waals surface area contributed by atoms with Gasteiger partial charge in [0.1, 0.15) is 5.75 Å². The number of hydrogen-bond donors (Lipinski definition) is 4. The minimum absolute atomic E-state index is 0.0101. The number of anilines is 1. The van der Waals surface area contributed by atoms with Crippen molar-refractivity contribution in [1.29, 1.82) is 0 Å². The fourth-order valence-corrected chi connectivity index (χ4v) is 4.13. The van der Waals surface area contributed by atoms with E-state index < -0.39 is 5.92 Å². The standard InChI is InChI=1S/C21H31F2N9O.C2H6O/c22-21(23)6-11-32(12-7-21)20-26-17-14-15(33-13-3-10-31-8-1-2-9-31)4-5-16(17)18(28-20)27-19(24)29-30-25;1-3-2/h4-5,14,30H,1-3,6-13,25H2,(H3,24,26,27,28,29);1-2H3. The van der Waals surface area contributed by atoms with Crippen molar-refractivity contribution in [1.82, 2.24) is 25.8 Å². The number of benzene rings is 1. The molecule has 11 nitrogen and oxygen atoms in total. The van der Waals surface area contributed by atoms with Gasteiger partial charge in [0.2, 0.25) is 11.9 Å². The van der Waals surface area contributed by atoms with Gasteiger partial charge in [0.25, 0.3) is 5.92 Å². The molecule has 0 radical (unpaired) electrons. The Morgan fingerprint density at radius 3 is 2.50 bits per heavy atom. The van der Waals surface area contributed by atoms with E-state index in [1.165, 1.54) is 25.9 Å². The first-order valence-electron chi connectivity index (χ1n) is 12.1. The van der Waals surface area contributed by atoms with Crippen LogP contribution in [0.4, 0.5) is 20.5 Å². The summed E-state index contributed by atoms with van der Waals surface area (Å²) in [5.41, 5.74) is 11.1. The van der Waals surface area contributed by atoms with Crippen LogP contribution in [0.1, 0.15) is 32.1 Å². The highest BCUT2D eigenvalue weighted by atomic mass is 19.3. The molecule has 6 N–H and O–H groups in total. The smallest absolute Gasteiger partial charge is 0.251 e. The number of nitrogens with one attached hydrogen (secondary N) is 2. The molecule has 2 saturated heterocycles. The van der Waals surface area contributed by atoms with Crippen LogP contribution in [0.5, 0.6) is 5.75 Å². The van der Waals surface area contributed by atoms with E-state index in [2.05, 4.69) is 35.6 Å². The number of hydrazine groups is 2. The number of guanidine groups is 1. The summed E-state index contributed by atoms with van der Waals surface area (Å²) in [4.78, 5) is 17.6.